The SMILES string of the molecule is CCOCC1CCCN(C(=O)C(c2ccccc2)N(C)C)C1. The Balaban J connectivity index is 2.07. The van der Waals surface area contributed by atoms with E-state index in [1.54, 1.807) is 0 Å². The highest BCUT2D eigenvalue weighted by Gasteiger charge is 2.31. The average Bonchev–Trinajstić information content (AvgIpc) is 2.54. The molecule has 1 amide bonds. The van der Waals surface area contributed by atoms with Crippen molar-refractivity contribution in [2.75, 3.05) is 40.4 Å². The van der Waals surface area contributed by atoms with E-state index in [4.69, 9.17) is 4.74 Å². The minimum Gasteiger partial charge on any atom is -0.381 e. The van der Waals surface area contributed by atoms with Gasteiger partial charge in [0.1, 0.15) is 6.04 Å². The third-order valence-corrected chi connectivity index (χ3v) is 4.25. The Morgan fingerprint density at radius 3 is 2.73 bits per heavy atom. The maximum absolute atomic E-state index is 13.0. The van der Waals surface area contributed by atoms with Crippen LogP contribution in [0.4, 0.5) is 0 Å². The quantitative estimate of drug-likeness (QED) is 0.810. The summed E-state index contributed by atoms with van der Waals surface area (Å²) in [6.07, 6.45) is 2.22. The van der Waals surface area contributed by atoms with Crippen molar-refractivity contribution in [3.63, 3.8) is 0 Å². The summed E-state index contributed by atoms with van der Waals surface area (Å²) in [5.41, 5.74) is 1.06. The molecule has 1 heterocycles. The minimum absolute atomic E-state index is 0.202. The number of hydrogen-bond donors (Lipinski definition) is 0. The molecule has 2 unspecified atom stereocenters. The summed E-state index contributed by atoms with van der Waals surface area (Å²) in [6.45, 7) is 5.20. The predicted octanol–water partition coefficient (Wildman–Crippen LogP) is 2.56. The fraction of sp³-hybridized carbons (Fsp3) is 0.611. The summed E-state index contributed by atoms with van der Waals surface area (Å²) in [7, 11) is 3.94. The molecule has 4 heteroatoms. The monoisotopic (exact) mass is 304 g/mol. The highest BCUT2D eigenvalue weighted by Crippen LogP contribution is 2.24. The zero-order valence-corrected chi connectivity index (χ0v) is 14.0. The number of rotatable bonds is 6. The molecule has 0 N–H and O–H groups in total. The highest BCUT2D eigenvalue weighted by atomic mass is 16.5. The summed E-state index contributed by atoms with van der Waals surface area (Å²) in [5, 5.41) is 0. The maximum Gasteiger partial charge on any atom is 0.244 e. The standard InChI is InChI=1S/C18H28N2O2/c1-4-22-14-15-9-8-12-20(13-15)18(21)17(19(2)3)16-10-6-5-7-11-16/h5-7,10-11,15,17H,4,8-9,12-14H2,1-3H3. The number of carbonyl (C=O) groups is 1. The molecule has 1 aromatic rings. The van der Waals surface area contributed by atoms with Crippen molar-refractivity contribution in [2.45, 2.75) is 25.8 Å². The molecule has 0 aliphatic carbocycles. The van der Waals surface area contributed by atoms with E-state index in [0.717, 1.165) is 44.7 Å². The number of ether oxygens (including phenoxy) is 1. The van der Waals surface area contributed by atoms with E-state index >= 15 is 0 Å². The molecular formula is C18H28N2O2. The smallest absolute Gasteiger partial charge is 0.244 e. The van der Waals surface area contributed by atoms with Crippen LogP contribution >= 0.6 is 0 Å². The van der Waals surface area contributed by atoms with Crippen LogP contribution in [0.3, 0.4) is 0 Å². The van der Waals surface area contributed by atoms with Crippen LogP contribution in [0.5, 0.6) is 0 Å². The lowest BCUT2D eigenvalue weighted by Gasteiger charge is -2.36. The molecule has 22 heavy (non-hydrogen) atoms. The Morgan fingerprint density at radius 1 is 1.36 bits per heavy atom. The van der Waals surface area contributed by atoms with Gasteiger partial charge in [-0.3, -0.25) is 9.69 Å². The van der Waals surface area contributed by atoms with Crippen LogP contribution in [0.1, 0.15) is 31.4 Å². The second-order valence-electron chi connectivity index (χ2n) is 6.23. The number of likely N-dealkylation sites (N-methyl/N-ethyl adjacent to an activating group) is 1. The van der Waals surface area contributed by atoms with Gasteiger partial charge in [-0.05, 0) is 45.3 Å². The molecule has 2 rings (SSSR count). The van der Waals surface area contributed by atoms with E-state index in [0.29, 0.717) is 5.92 Å². The first-order valence-electron chi connectivity index (χ1n) is 8.21. The van der Waals surface area contributed by atoms with Gasteiger partial charge in [0.25, 0.3) is 0 Å². The van der Waals surface area contributed by atoms with Crippen molar-refractivity contribution in [2.24, 2.45) is 5.92 Å². The Labute approximate surface area is 134 Å². The molecule has 1 fully saturated rings. The van der Waals surface area contributed by atoms with Gasteiger partial charge >= 0.3 is 0 Å². The Hall–Kier alpha value is -1.39. The lowest BCUT2D eigenvalue weighted by molar-refractivity contribution is -0.138. The third-order valence-electron chi connectivity index (χ3n) is 4.25. The van der Waals surface area contributed by atoms with Crippen molar-refractivity contribution in [1.29, 1.82) is 0 Å². The second-order valence-corrected chi connectivity index (χ2v) is 6.23. The molecule has 1 aliphatic heterocycles. The molecule has 0 saturated carbocycles. The highest BCUT2D eigenvalue weighted by molar-refractivity contribution is 5.83. The topological polar surface area (TPSA) is 32.8 Å². The van der Waals surface area contributed by atoms with Crippen LogP contribution in [0.2, 0.25) is 0 Å². The molecule has 0 spiro atoms. The number of piperidine rings is 1. The van der Waals surface area contributed by atoms with Gasteiger partial charge in [-0.1, -0.05) is 30.3 Å². The van der Waals surface area contributed by atoms with Gasteiger partial charge in [0.15, 0.2) is 0 Å². The summed E-state index contributed by atoms with van der Waals surface area (Å²) in [6, 6.07) is 9.83. The Bertz CT molecular complexity index is 461. The molecule has 1 saturated heterocycles. The zero-order chi connectivity index (χ0) is 15.9. The molecule has 0 bridgehead atoms. The first-order valence-corrected chi connectivity index (χ1v) is 8.21. The van der Waals surface area contributed by atoms with Gasteiger partial charge in [-0.25, -0.2) is 0 Å². The molecule has 0 radical (unpaired) electrons. The van der Waals surface area contributed by atoms with E-state index in [2.05, 4.69) is 0 Å². The number of benzene rings is 1. The number of amides is 1. The van der Waals surface area contributed by atoms with Crippen LogP contribution in [-0.2, 0) is 9.53 Å². The van der Waals surface area contributed by atoms with Crippen molar-refractivity contribution >= 4 is 5.91 Å². The van der Waals surface area contributed by atoms with Gasteiger partial charge in [0.05, 0.1) is 6.61 Å². The van der Waals surface area contributed by atoms with Gasteiger partial charge < -0.3 is 9.64 Å². The van der Waals surface area contributed by atoms with Gasteiger partial charge in [0, 0.05) is 19.7 Å². The molecule has 4 nitrogen and oxygen atoms in total. The molecule has 122 valence electrons. The predicted molar refractivity (Wildman–Crippen MR) is 88.7 cm³/mol. The largest absolute Gasteiger partial charge is 0.381 e. The van der Waals surface area contributed by atoms with E-state index in [1.165, 1.54) is 0 Å². The molecule has 1 aromatic carbocycles. The van der Waals surface area contributed by atoms with Crippen LogP contribution in [-0.4, -0.2) is 56.1 Å². The summed E-state index contributed by atoms with van der Waals surface area (Å²) >= 11 is 0. The first kappa shape index (κ1) is 17.0. The van der Waals surface area contributed by atoms with E-state index < -0.39 is 0 Å². The van der Waals surface area contributed by atoms with Crippen molar-refractivity contribution in [3.8, 4) is 0 Å². The third kappa shape index (κ3) is 4.31. The van der Waals surface area contributed by atoms with Gasteiger partial charge in [-0.15, -0.1) is 0 Å². The van der Waals surface area contributed by atoms with Crippen LogP contribution in [0.25, 0.3) is 0 Å². The molecule has 0 aromatic heterocycles. The summed E-state index contributed by atoms with van der Waals surface area (Å²) < 4.78 is 5.55. The van der Waals surface area contributed by atoms with E-state index in [9.17, 15) is 4.79 Å². The van der Waals surface area contributed by atoms with Crippen molar-refractivity contribution in [1.82, 2.24) is 9.80 Å². The van der Waals surface area contributed by atoms with Crippen LogP contribution < -0.4 is 0 Å². The first-order chi connectivity index (χ1) is 10.6. The minimum atomic E-state index is -0.202. The fourth-order valence-corrected chi connectivity index (χ4v) is 3.16. The van der Waals surface area contributed by atoms with Gasteiger partial charge in [0.2, 0.25) is 5.91 Å². The Kier molecular flexibility index (Phi) is 6.40. The van der Waals surface area contributed by atoms with Gasteiger partial charge in [-0.2, -0.15) is 0 Å². The number of nitrogens with zero attached hydrogens (tertiary/aromatic N) is 2. The number of likely N-dealkylation sites (tertiary alicyclic amines) is 1. The second kappa shape index (κ2) is 8.30. The molecule has 1 aliphatic rings. The fourth-order valence-electron chi connectivity index (χ4n) is 3.16. The zero-order valence-electron chi connectivity index (χ0n) is 14.0. The normalized spacial score (nSPS) is 20.2. The van der Waals surface area contributed by atoms with E-state index in [-0.39, 0.29) is 11.9 Å². The lowest BCUT2D eigenvalue weighted by Crippen LogP contribution is -2.46. The molecular weight excluding hydrogens is 276 g/mol. The van der Waals surface area contributed by atoms with Crippen LogP contribution in [0.15, 0.2) is 30.3 Å². The molecule has 2 atom stereocenters. The van der Waals surface area contributed by atoms with Crippen molar-refractivity contribution < 1.29 is 9.53 Å². The van der Waals surface area contributed by atoms with E-state index in [1.807, 2.05) is 61.2 Å². The van der Waals surface area contributed by atoms with Crippen molar-refractivity contribution in [3.05, 3.63) is 35.9 Å². The number of carbonyl (C=O) groups excluding carboxylic acids is 1. The lowest BCUT2D eigenvalue weighted by atomic mass is 9.97. The number of hydrogen-bond acceptors (Lipinski definition) is 3. The Morgan fingerprint density at radius 2 is 2.09 bits per heavy atom. The van der Waals surface area contributed by atoms with Crippen LogP contribution in [0, 0.1) is 5.92 Å². The maximum atomic E-state index is 13.0. The summed E-state index contributed by atoms with van der Waals surface area (Å²) in [4.78, 5) is 17.0. The average molecular weight is 304 g/mol. The summed E-state index contributed by atoms with van der Waals surface area (Å²) in [5.74, 6) is 0.675.